The number of aromatic nitrogens is 3. The number of benzene rings is 3. The van der Waals surface area contributed by atoms with Gasteiger partial charge in [-0.25, -0.2) is 4.98 Å². The molecule has 7 aromatic rings. The number of fused-ring (bicyclic) bond motifs is 6. The van der Waals surface area contributed by atoms with Crippen molar-refractivity contribution < 1.29 is 0 Å². The first-order valence-electron chi connectivity index (χ1n) is 10.9. The maximum absolute atomic E-state index is 5.05. The molecule has 4 heterocycles. The first-order chi connectivity index (χ1) is 16.3. The molecule has 0 aliphatic rings. The Labute approximate surface area is 194 Å². The first kappa shape index (κ1) is 18.4. The van der Waals surface area contributed by atoms with Crippen LogP contribution in [0, 0.1) is 0 Å². The van der Waals surface area contributed by atoms with E-state index in [0.29, 0.717) is 0 Å². The van der Waals surface area contributed by atoms with Crippen LogP contribution in [0.5, 0.6) is 0 Å². The summed E-state index contributed by atoms with van der Waals surface area (Å²) < 4.78 is 2.54. The van der Waals surface area contributed by atoms with E-state index in [9.17, 15) is 0 Å². The molecule has 0 unspecified atom stereocenters. The largest absolute Gasteiger partial charge is 0.256 e. The summed E-state index contributed by atoms with van der Waals surface area (Å²) in [4.78, 5) is 14.3. The fraction of sp³-hybridized carbons (Fsp3) is 0. The van der Waals surface area contributed by atoms with Crippen LogP contribution in [-0.4, -0.2) is 15.0 Å². The van der Waals surface area contributed by atoms with Crippen molar-refractivity contribution in [1.29, 1.82) is 0 Å². The molecular weight excluding hydrogens is 422 g/mol. The van der Waals surface area contributed by atoms with Crippen molar-refractivity contribution in [2.45, 2.75) is 0 Å². The van der Waals surface area contributed by atoms with Crippen molar-refractivity contribution in [3.63, 3.8) is 0 Å². The van der Waals surface area contributed by atoms with Crippen LogP contribution in [-0.2, 0) is 0 Å². The molecule has 0 fully saturated rings. The van der Waals surface area contributed by atoms with Gasteiger partial charge in [-0.3, -0.25) is 9.97 Å². The average Bonchev–Trinajstić information content (AvgIpc) is 3.27. The van der Waals surface area contributed by atoms with Gasteiger partial charge in [-0.15, -0.1) is 11.3 Å². The molecule has 154 valence electrons. The molecule has 0 N–H and O–H groups in total. The number of hydrogen-bond donors (Lipinski definition) is 0. The first-order valence-corrected chi connectivity index (χ1v) is 11.7. The minimum Gasteiger partial charge on any atom is -0.256 e. The van der Waals surface area contributed by atoms with Gasteiger partial charge in [0.2, 0.25) is 0 Å². The van der Waals surface area contributed by atoms with E-state index in [4.69, 9.17) is 4.98 Å². The zero-order valence-corrected chi connectivity index (χ0v) is 18.4. The maximum Gasteiger partial charge on any atom is 0.0972 e. The van der Waals surface area contributed by atoms with Gasteiger partial charge in [-0.2, -0.15) is 0 Å². The van der Waals surface area contributed by atoms with Crippen molar-refractivity contribution in [3.8, 4) is 22.5 Å². The topological polar surface area (TPSA) is 38.7 Å². The normalized spacial score (nSPS) is 11.6. The average molecular weight is 440 g/mol. The lowest BCUT2D eigenvalue weighted by atomic mass is 10.0. The van der Waals surface area contributed by atoms with Gasteiger partial charge in [-0.1, -0.05) is 48.5 Å². The minimum absolute atomic E-state index is 0.940. The van der Waals surface area contributed by atoms with Crippen LogP contribution in [0.4, 0.5) is 0 Å². The molecule has 4 heteroatoms. The van der Waals surface area contributed by atoms with E-state index in [0.717, 1.165) is 44.3 Å². The van der Waals surface area contributed by atoms with Gasteiger partial charge < -0.3 is 0 Å². The van der Waals surface area contributed by atoms with Gasteiger partial charge in [0.15, 0.2) is 0 Å². The lowest BCUT2D eigenvalue weighted by Crippen LogP contribution is -1.88. The molecule has 3 nitrogen and oxygen atoms in total. The SMILES string of the molecule is c1ccc(-c2cccc3sc4ccc(-c5ccc6ccc7cccnc7c6n5)cc4c23)nc1. The fourth-order valence-corrected chi connectivity index (χ4v) is 5.72. The molecule has 0 radical (unpaired) electrons. The second-order valence-corrected chi connectivity index (χ2v) is 9.20. The molecular formula is C29H17N3S. The minimum atomic E-state index is 0.940. The number of nitrogens with zero attached hydrogens (tertiary/aromatic N) is 3. The number of thiophene rings is 1. The van der Waals surface area contributed by atoms with E-state index >= 15 is 0 Å². The molecule has 0 aliphatic carbocycles. The highest BCUT2D eigenvalue weighted by atomic mass is 32.1. The van der Waals surface area contributed by atoms with Crippen LogP contribution in [0.15, 0.2) is 103 Å². The third-order valence-electron chi connectivity index (χ3n) is 6.16. The smallest absolute Gasteiger partial charge is 0.0972 e. The van der Waals surface area contributed by atoms with Gasteiger partial charge in [0.1, 0.15) is 0 Å². The van der Waals surface area contributed by atoms with Gasteiger partial charge >= 0.3 is 0 Å². The van der Waals surface area contributed by atoms with E-state index in [1.54, 1.807) is 0 Å². The summed E-state index contributed by atoms with van der Waals surface area (Å²) in [6.45, 7) is 0. The van der Waals surface area contributed by atoms with Crippen LogP contribution >= 0.6 is 11.3 Å². The number of rotatable bonds is 2. The summed E-state index contributed by atoms with van der Waals surface area (Å²) in [6.07, 6.45) is 3.68. The Morgan fingerprint density at radius 3 is 2.36 bits per heavy atom. The summed E-state index contributed by atoms with van der Waals surface area (Å²) in [5.74, 6) is 0. The fourth-order valence-electron chi connectivity index (χ4n) is 4.61. The van der Waals surface area contributed by atoms with Crippen molar-refractivity contribution in [2.75, 3.05) is 0 Å². The molecule has 0 saturated carbocycles. The predicted molar refractivity (Wildman–Crippen MR) is 139 cm³/mol. The molecule has 0 saturated heterocycles. The van der Waals surface area contributed by atoms with Gasteiger partial charge in [0, 0.05) is 54.5 Å². The third-order valence-corrected chi connectivity index (χ3v) is 7.30. The highest BCUT2D eigenvalue weighted by Crippen LogP contribution is 2.41. The summed E-state index contributed by atoms with van der Waals surface area (Å²) in [5, 5.41) is 4.70. The van der Waals surface area contributed by atoms with Crippen LogP contribution in [0.2, 0.25) is 0 Å². The van der Waals surface area contributed by atoms with Crippen molar-refractivity contribution in [3.05, 3.63) is 103 Å². The van der Waals surface area contributed by atoms with Crippen LogP contribution in [0.1, 0.15) is 0 Å². The highest BCUT2D eigenvalue weighted by Gasteiger charge is 2.13. The van der Waals surface area contributed by atoms with E-state index in [2.05, 4.69) is 82.8 Å². The zero-order valence-electron chi connectivity index (χ0n) is 17.6. The van der Waals surface area contributed by atoms with Crippen LogP contribution in [0.25, 0.3) is 64.5 Å². The molecule has 0 spiro atoms. The Hall–Kier alpha value is -4.15. The predicted octanol–water partition coefficient (Wildman–Crippen LogP) is 7.88. The Morgan fingerprint density at radius 2 is 1.45 bits per heavy atom. The van der Waals surface area contributed by atoms with Gasteiger partial charge in [0.25, 0.3) is 0 Å². The summed E-state index contributed by atoms with van der Waals surface area (Å²) >= 11 is 1.82. The maximum atomic E-state index is 5.05. The molecule has 0 aliphatic heterocycles. The second-order valence-electron chi connectivity index (χ2n) is 8.12. The molecule has 0 atom stereocenters. The summed E-state index contributed by atoms with van der Waals surface area (Å²) in [7, 11) is 0. The van der Waals surface area contributed by atoms with Crippen LogP contribution in [0.3, 0.4) is 0 Å². The molecule has 0 bridgehead atoms. The lowest BCUT2D eigenvalue weighted by Gasteiger charge is -2.07. The Balaban J connectivity index is 1.48. The summed E-state index contributed by atoms with van der Waals surface area (Å²) in [6, 6.07) is 31.7. The van der Waals surface area contributed by atoms with E-state index < -0.39 is 0 Å². The summed E-state index contributed by atoms with van der Waals surface area (Å²) in [5.41, 5.74) is 6.10. The Bertz CT molecular complexity index is 1820. The number of pyridine rings is 3. The van der Waals surface area contributed by atoms with Crippen LogP contribution < -0.4 is 0 Å². The van der Waals surface area contributed by atoms with Crippen molar-refractivity contribution >= 4 is 53.3 Å². The van der Waals surface area contributed by atoms with E-state index in [1.165, 1.54) is 20.2 Å². The van der Waals surface area contributed by atoms with Crippen molar-refractivity contribution in [2.24, 2.45) is 0 Å². The van der Waals surface area contributed by atoms with E-state index in [-0.39, 0.29) is 0 Å². The highest BCUT2D eigenvalue weighted by molar-refractivity contribution is 7.25. The standard InChI is InChI=1S/C29H17N3S/c1-2-15-30-24(7-1)21-6-3-8-26-27(21)22-17-20(12-14-25(22)33-26)23-13-11-19-10-9-18-5-4-16-31-28(18)29(19)32-23/h1-17H. The molecule has 4 aromatic heterocycles. The van der Waals surface area contributed by atoms with Gasteiger partial charge in [-0.05, 0) is 42.5 Å². The lowest BCUT2D eigenvalue weighted by molar-refractivity contribution is 1.33. The monoisotopic (exact) mass is 439 g/mol. The zero-order chi connectivity index (χ0) is 21.8. The molecule has 0 amide bonds. The second kappa shape index (κ2) is 7.19. The molecule has 33 heavy (non-hydrogen) atoms. The van der Waals surface area contributed by atoms with E-state index in [1.807, 2.05) is 41.9 Å². The Morgan fingerprint density at radius 1 is 0.576 bits per heavy atom. The Kier molecular flexibility index (Phi) is 4.01. The third kappa shape index (κ3) is 2.92. The quantitative estimate of drug-likeness (QED) is 0.257. The van der Waals surface area contributed by atoms with Crippen molar-refractivity contribution in [1.82, 2.24) is 15.0 Å². The van der Waals surface area contributed by atoms with Gasteiger partial charge in [0.05, 0.1) is 22.4 Å². The molecule has 7 rings (SSSR count). The number of hydrogen-bond acceptors (Lipinski definition) is 4. The molecule has 3 aromatic carbocycles.